The fourth-order valence-corrected chi connectivity index (χ4v) is 3.19. The zero-order chi connectivity index (χ0) is 12.2. The molecule has 0 aliphatic heterocycles. The molecule has 2 bridgehead atoms. The molecule has 0 amide bonds. The summed E-state index contributed by atoms with van der Waals surface area (Å²) in [4.78, 5) is 0. The van der Waals surface area contributed by atoms with Crippen molar-refractivity contribution in [2.24, 2.45) is 10.8 Å². The minimum atomic E-state index is 0.430. The molecule has 0 fully saturated rings. The van der Waals surface area contributed by atoms with Gasteiger partial charge >= 0.3 is 0 Å². The minimum Gasteiger partial charge on any atom is -0.0811 e. The van der Waals surface area contributed by atoms with Crippen molar-refractivity contribution in [2.75, 3.05) is 0 Å². The molecule has 0 heteroatoms. The monoisotopic (exact) mass is 220 g/mol. The van der Waals surface area contributed by atoms with E-state index in [0.29, 0.717) is 10.8 Å². The zero-order valence-corrected chi connectivity index (χ0v) is 11.8. The molecular formula is C16H28. The SMILES string of the molecule is CC.CCC1=CC2(CC)C=CC(CC)(C1)C2. The van der Waals surface area contributed by atoms with Crippen LogP contribution >= 0.6 is 0 Å². The minimum absolute atomic E-state index is 0.430. The van der Waals surface area contributed by atoms with Crippen LogP contribution in [0.5, 0.6) is 0 Å². The Balaban J connectivity index is 0.000000606. The maximum Gasteiger partial charge on any atom is 0.00695 e. The molecule has 16 heavy (non-hydrogen) atoms. The summed E-state index contributed by atoms with van der Waals surface area (Å²) in [7, 11) is 0. The molecule has 0 aromatic carbocycles. The molecule has 0 saturated heterocycles. The van der Waals surface area contributed by atoms with E-state index in [-0.39, 0.29) is 0 Å². The average molecular weight is 220 g/mol. The molecule has 0 nitrogen and oxygen atoms in total. The standard InChI is InChI=1S/C14H22.C2H6/c1-4-12-9-13(5-2)7-8-14(6-3,10-12)11-13;1-2/h7-9H,4-6,10-11H2,1-3H3;1-2H3. The van der Waals surface area contributed by atoms with E-state index in [0.717, 1.165) is 0 Å². The van der Waals surface area contributed by atoms with Crippen LogP contribution in [0.1, 0.15) is 66.7 Å². The Bertz CT molecular complexity index is 284. The third kappa shape index (κ3) is 2.26. The third-order valence-corrected chi connectivity index (χ3v) is 4.34. The second-order valence-corrected chi connectivity index (χ2v) is 5.15. The van der Waals surface area contributed by atoms with Crippen molar-refractivity contribution in [1.82, 2.24) is 0 Å². The largest absolute Gasteiger partial charge is 0.0811 e. The molecule has 2 aliphatic rings. The van der Waals surface area contributed by atoms with Gasteiger partial charge in [-0.1, -0.05) is 58.4 Å². The van der Waals surface area contributed by atoms with Crippen LogP contribution in [0.25, 0.3) is 0 Å². The number of rotatable bonds is 3. The van der Waals surface area contributed by atoms with Gasteiger partial charge in [-0.15, -0.1) is 0 Å². The van der Waals surface area contributed by atoms with Gasteiger partial charge in [-0.05, 0) is 37.5 Å². The summed E-state index contributed by atoms with van der Waals surface area (Å²) in [5.41, 5.74) is 2.64. The van der Waals surface area contributed by atoms with Crippen LogP contribution in [0.4, 0.5) is 0 Å². The van der Waals surface area contributed by atoms with E-state index in [9.17, 15) is 0 Å². The van der Waals surface area contributed by atoms with Gasteiger partial charge < -0.3 is 0 Å². The van der Waals surface area contributed by atoms with E-state index in [2.05, 4.69) is 39.0 Å². The van der Waals surface area contributed by atoms with Crippen LogP contribution in [-0.2, 0) is 0 Å². The maximum atomic E-state index is 2.56. The number of fused-ring (bicyclic) bond motifs is 2. The van der Waals surface area contributed by atoms with Gasteiger partial charge in [0.15, 0.2) is 0 Å². The molecule has 2 unspecified atom stereocenters. The van der Waals surface area contributed by atoms with Crippen molar-refractivity contribution < 1.29 is 0 Å². The summed E-state index contributed by atoms with van der Waals surface area (Å²) in [5.74, 6) is 0. The predicted molar refractivity (Wildman–Crippen MR) is 73.5 cm³/mol. The highest BCUT2D eigenvalue weighted by atomic mass is 14.5. The van der Waals surface area contributed by atoms with Gasteiger partial charge in [-0.3, -0.25) is 0 Å². The summed E-state index contributed by atoms with van der Waals surface area (Å²) >= 11 is 0. The molecule has 0 aromatic rings. The second-order valence-electron chi connectivity index (χ2n) is 5.15. The van der Waals surface area contributed by atoms with E-state index in [1.54, 1.807) is 5.57 Å². The van der Waals surface area contributed by atoms with Crippen LogP contribution in [0.15, 0.2) is 23.8 Å². The number of hydrogen-bond donors (Lipinski definition) is 0. The fourth-order valence-electron chi connectivity index (χ4n) is 3.19. The highest BCUT2D eigenvalue weighted by Crippen LogP contribution is 2.56. The average Bonchev–Trinajstić information content (AvgIpc) is 2.65. The molecule has 0 spiro atoms. The summed E-state index contributed by atoms with van der Waals surface area (Å²) in [6, 6.07) is 0. The first kappa shape index (κ1) is 13.5. The maximum absolute atomic E-state index is 2.56. The quantitative estimate of drug-likeness (QED) is 0.550. The van der Waals surface area contributed by atoms with Crippen molar-refractivity contribution >= 4 is 0 Å². The molecule has 0 N–H and O–H groups in total. The lowest BCUT2D eigenvalue weighted by atomic mass is 9.66. The summed E-state index contributed by atoms with van der Waals surface area (Å²) in [5, 5.41) is 0. The lowest BCUT2D eigenvalue weighted by Crippen LogP contribution is -2.26. The smallest absolute Gasteiger partial charge is 0.00695 e. The Morgan fingerprint density at radius 2 is 1.75 bits per heavy atom. The predicted octanol–water partition coefficient (Wildman–Crippen LogP) is 5.51. The summed E-state index contributed by atoms with van der Waals surface area (Å²) in [6.45, 7) is 11.0. The highest BCUT2D eigenvalue weighted by molar-refractivity contribution is 5.32. The molecule has 0 heterocycles. The Hall–Kier alpha value is -0.520. The molecular weight excluding hydrogens is 192 g/mol. The lowest BCUT2D eigenvalue weighted by molar-refractivity contribution is 0.251. The summed E-state index contributed by atoms with van der Waals surface area (Å²) < 4.78 is 0. The van der Waals surface area contributed by atoms with E-state index >= 15 is 0 Å². The van der Waals surface area contributed by atoms with Gasteiger partial charge in [0, 0.05) is 5.41 Å². The van der Waals surface area contributed by atoms with Gasteiger partial charge in [-0.2, -0.15) is 0 Å². The molecule has 0 radical (unpaired) electrons. The van der Waals surface area contributed by atoms with Crippen molar-refractivity contribution in [3.8, 4) is 0 Å². The fraction of sp³-hybridized carbons (Fsp3) is 0.750. The second kappa shape index (κ2) is 5.21. The summed E-state index contributed by atoms with van der Waals surface area (Å²) in [6.07, 6.45) is 14.1. The first-order chi connectivity index (χ1) is 7.67. The van der Waals surface area contributed by atoms with Crippen LogP contribution in [0.3, 0.4) is 0 Å². The van der Waals surface area contributed by atoms with Crippen LogP contribution < -0.4 is 0 Å². The normalized spacial score (nSPS) is 35.4. The van der Waals surface area contributed by atoms with Crippen LogP contribution in [-0.4, -0.2) is 0 Å². The van der Waals surface area contributed by atoms with Gasteiger partial charge in [0.05, 0.1) is 0 Å². The van der Waals surface area contributed by atoms with Crippen LogP contribution in [0.2, 0.25) is 0 Å². The Morgan fingerprint density at radius 1 is 1.06 bits per heavy atom. The number of hydrogen-bond acceptors (Lipinski definition) is 0. The Kier molecular flexibility index (Phi) is 4.41. The van der Waals surface area contributed by atoms with Gasteiger partial charge in [-0.25, -0.2) is 0 Å². The molecule has 92 valence electrons. The van der Waals surface area contributed by atoms with Crippen molar-refractivity contribution in [3.05, 3.63) is 23.8 Å². The van der Waals surface area contributed by atoms with E-state index in [1.165, 1.54) is 32.1 Å². The third-order valence-electron chi connectivity index (χ3n) is 4.34. The van der Waals surface area contributed by atoms with E-state index < -0.39 is 0 Å². The topological polar surface area (TPSA) is 0 Å². The molecule has 0 saturated carbocycles. The van der Waals surface area contributed by atoms with Gasteiger partial charge in [0.1, 0.15) is 0 Å². The first-order valence-corrected chi connectivity index (χ1v) is 7.08. The Labute approximate surface area is 102 Å². The molecule has 2 rings (SSSR count). The van der Waals surface area contributed by atoms with Crippen LogP contribution in [0, 0.1) is 10.8 Å². The van der Waals surface area contributed by atoms with Crippen molar-refractivity contribution in [2.45, 2.75) is 66.7 Å². The van der Waals surface area contributed by atoms with E-state index in [4.69, 9.17) is 0 Å². The molecule has 2 atom stereocenters. The van der Waals surface area contributed by atoms with Crippen molar-refractivity contribution in [3.63, 3.8) is 0 Å². The first-order valence-electron chi connectivity index (χ1n) is 7.08. The lowest BCUT2D eigenvalue weighted by Gasteiger charge is -2.38. The zero-order valence-electron chi connectivity index (χ0n) is 11.8. The molecule has 2 aliphatic carbocycles. The van der Waals surface area contributed by atoms with Gasteiger partial charge in [0.2, 0.25) is 0 Å². The van der Waals surface area contributed by atoms with Crippen molar-refractivity contribution in [1.29, 1.82) is 0 Å². The van der Waals surface area contributed by atoms with Gasteiger partial charge in [0.25, 0.3) is 0 Å². The van der Waals surface area contributed by atoms with E-state index in [1.807, 2.05) is 13.8 Å². The number of allylic oxidation sites excluding steroid dienone is 4. The Morgan fingerprint density at radius 3 is 2.25 bits per heavy atom. The molecule has 0 aromatic heterocycles. The highest BCUT2D eigenvalue weighted by Gasteiger charge is 2.43.